The monoisotopic (exact) mass is 436 g/mol. The van der Waals surface area contributed by atoms with Crippen molar-refractivity contribution in [1.82, 2.24) is 15.4 Å². The molecule has 0 fully saturated rings. The Balaban J connectivity index is 1.75. The average Bonchev–Trinajstić information content (AvgIpc) is 2.75. The van der Waals surface area contributed by atoms with E-state index in [4.69, 9.17) is 0 Å². The summed E-state index contributed by atoms with van der Waals surface area (Å²) in [5, 5.41) is 18.1. The van der Waals surface area contributed by atoms with Gasteiger partial charge in [-0.25, -0.2) is 15.4 Å². The number of nitro benzene ring substituents is 1. The van der Waals surface area contributed by atoms with Gasteiger partial charge in [0.25, 0.3) is 11.6 Å². The normalized spacial score (nSPS) is 10.6. The first-order valence-corrected chi connectivity index (χ1v) is 9.68. The lowest BCUT2D eigenvalue weighted by Crippen LogP contribution is -2.17. The van der Waals surface area contributed by atoms with Crippen molar-refractivity contribution in [2.75, 3.05) is 5.32 Å². The van der Waals surface area contributed by atoms with Gasteiger partial charge >= 0.3 is 0 Å². The van der Waals surface area contributed by atoms with Crippen LogP contribution in [0.15, 0.2) is 76.1 Å². The molecule has 0 saturated heterocycles. The van der Waals surface area contributed by atoms with Gasteiger partial charge in [0.2, 0.25) is 5.91 Å². The average molecular weight is 436 g/mol. The van der Waals surface area contributed by atoms with Gasteiger partial charge < -0.3 is 5.32 Å². The molecule has 0 saturated carbocycles. The van der Waals surface area contributed by atoms with Crippen LogP contribution in [-0.4, -0.2) is 32.9 Å². The number of benzene rings is 2. The molecular weight excluding hydrogens is 420 g/mol. The predicted molar refractivity (Wildman–Crippen MR) is 115 cm³/mol. The van der Waals surface area contributed by atoms with Crippen molar-refractivity contribution in [1.29, 1.82) is 0 Å². The van der Waals surface area contributed by atoms with Gasteiger partial charge in [-0.05, 0) is 48.2 Å². The molecule has 0 radical (unpaired) electrons. The number of carbonyl (C=O) groups is 2. The fourth-order valence-electron chi connectivity index (χ4n) is 2.41. The molecule has 10 nitrogen and oxygen atoms in total. The van der Waals surface area contributed by atoms with E-state index in [0.29, 0.717) is 26.9 Å². The Hall–Kier alpha value is -4.12. The van der Waals surface area contributed by atoms with Gasteiger partial charge in [0, 0.05) is 53.2 Å². The summed E-state index contributed by atoms with van der Waals surface area (Å²) in [6.45, 7) is 1.39. The molecule has 2 aromatic carbocycles. The minimum absolute atomic E-state index is 0.111. The molecule has 0 aliphatic heterocycles. The van der Waals surface area contributed by atoms with Crippen molar-refractivity contribution in [3.8, 4) is 0 Å². The summed E-state index contributed by atoms with van der Waals surface area (Å²) >= 11 is 1.21. The number of non-ortho nitro benzene ring substituents is 1. The lowest BCUT2D eigenvalue weighted by molar-refractivity contribution is -0.384. The Morgan fingerprint density at radius 1 is 1.13 bits per heavy atom. The number of hydrogen-bond acceptors (Lipinski definition) is 8. The number of hydrazone groups is 1. The van der Waals surface area contributed by atoms with Crippen LogP contribution in [-0.2, 0) is 4.79 Å². The lowest BCUT2D eigenvalue weighted by atomic mass is 10.2. The highest BCUT2D eigenvalue weighted by molar-refractivity contribution is 7.99. The highest BCUT2D eigenvalue weighted by Crippen LogP contribution is 2.29. The molecular formula is C20H16N6O4S. The molecule has 3 rings (SSSR count). The molecule has 0 aliphatic rings. The Bertz CT molecular complexity index is 1140. The third-order valence-electron chi connectivity index (χ3n) is 3.78. The number of hydrogen-bond donors (Lipinski definition) is 2. The molecule has 0 bridgehead atoms. The zero-order chi connectivity index (χ0) is 22.2. The summed E-state index contributed by atoms with van der Waals surface area (Å²) in [6.07, 6.45) is 4.50. The minimum atomic E-state index is -0.514. The second kappa shape index (κ2) is 10.1. The molecule has 31 heavy (non-hydrogen) atoms. The van der Waals surface area contributed by atoms with E-state index in [0.717, 1.165) is 0 Å². The van der Waals surface area contributed by atoms with Gasteiger partial charge in [0.15, 0.2) is 5.16 Å². The number of aromatic nitrogens is 2. The third kappa shape index (κ3) is 6.18. The molecule has 1 heterocycles. The van der Waals surface area contributed by atoms with E-state index >= 15 is 0 Å². The van der Waals surface area contributed by atoms with E-state index in [9.17, 15) is 19.7 Å². The van der Waals surface area contributed by atoms with E-state index < -0.39 is 10.8 Å². The van der Waals surface area contributed by atoms with E-state index in [1.165, 1.54) is 49.2 Å². The highest BCUT2D eigenvalue weighted by atomic mass is 32.2. The standard InChI is InChI=1S/C20H16N6O4S/c1-13(27)24-16-5-3-14(4-6-16)19(28)25-23-12-15-11-17(26(29)30)7-8-18(15)31-20-21-9-2-10-22-20/h2-12H,1H3,(H,24,27)(H,25,28)/b23-12+. The second-order valence-electron chi connectivity index (χ2n) is 6.07. The van der Waals surface area contributed by atoms with Crippen LogP contribution in [0, 0.1) is 10.1 Å². The molecule has 0 unspecified atom stereocenters. The molecule has 0 atom stereocenters. The molecule has 3 aromatic rings. The van der Waals surface area contributed by atoms with Crippen molar-refractivity contribution >= 4 is 41.2 Å². The molecule has 2 amide bonds. The van der Waals surface area contributed by atoms with Crippen molar-refractivity contribution in [3.05, 3.63) is 82.2 Å². The lowest BCUT2D eigenvalue weighted by Gasteiger charge is -2.05. The fraction of sp³-hybridized carbons (Fsp3) is 0.0500. The van der Waals surface area contributed by atoms with Crippen LogP contribution in [0.2, 0.25) is 0 Å². The van der Waals surface area contributed by atoms with E-state index in [-0.39, 0.29) is 11.6 Å². The van der Waals surface area contributed by atoms with Crippen LogP contribution in [0.3, 0.4) is 0 Å². The Morgan fingerprint density at radius 3 is 2.48 bits per heavy atom. The zero-order valence-corrected chi connectivity index (χ0v) is 17.0. The van der Waals surface area contributed by atoms with E-state index in [2.05, 4.69) is 25.8 Å². The van der Waals surface area contributed by atoms with Crippen LogP contribution >= 0.6 is 11.8 Å². The number of nitro groups is 1. The van der Waals surface area contributed by atoms with Gasteiger partial charge in [-0.2, -0.15) is 5.10 Å². The summed E-state index contributed by atoms with van der Waals surface area (Å²) in [5.41, 5.74) is 3.59. The summed E-state index contributed by atoms with van der Waals surface area (Å²) in [7, 11) is 0. The molecule has 0 spiro atoms. The first kappa shape index (κ1) is 21.6. The second-order valence-corrected chi connectivity index (χ2v) is 7.08. The van der Waals surface area contributed by atoms with Crippen LogP contribution in [0.4, 0.5) is 11.4 Å². The summed E-state index contributed by atoms with van der Waals surface area (Å²) in [4.78, 5) is 42.8. The summed E-state index contributed by atoms with van der Waals surface area (Å²) in [6, 6.07) is 12.2. The zero-order valence-electron chi connectivity index (χ0n) is 16.2. The van der Waals surface area contributed by atoms with Gasteiger partial charge in [-0.15, -0.1) is 0 Å². The number of anilines is 1. The van der Waals surface area contributed by atoms with Gasteiger partial charge in [-0.3, -0.25) is 19.7 Å². The van der Waals surface area contributed by atoms with E-state index in [1.54, 1.807) is 36.7 Å². The summed E-state index contributed by atoms with van der Waals surface area (Å²) < 4.78 is 0. The van der Waals surface area contributed by atoms with Crippen molar-refractivity contribution in [2.24, 2.45) is 5.10 Å². The maximum absolute atomic E-state index is 12.3. The highest BCUT2D eigenvalue weighted by Gasteiger charge is 2.12. The maximum Gasteiger partial charge on any atom is 0.271 e. The Morgan fingerprint density at radius 2 is 1.84 bits per heavy atom. The van der Waals surface area contributed by atoms with Crippen LogP contribution in [0.5, 0.6) is 0 Å². The predicted octanol–water partition coefficient (Wildman–Crippen LogP) is 3.26. The quantitative estimate of drug-likeness (QED) is 0.251. The SMILES string of the molecule is CC(=O)Nc1ccc(C(=O)N/N=C/c2cc([N+](=O)[O-])ccc2Sc2ncccn2)cc1. The summed E-state index contributed by atoms with van der Waals surface area (Å²) in [5.74, 6) is -0.690. The molecule has 156 valence electrons. The maximum atomic E-state index is 12.3. The number of nitrogens with one attached hydrogen (secondary N) is 2. The number of amides is 2. The Labute approximate surface area is 181 Å². The molecule has 0 aliphatic carbocycles. The number of rotatable bonds is 7. The van der Waals surface area contributed by atoms with Gasteiger partial charge in [0.05, 0.1) is 11.1 Å². The third-order valence-corrected chi connectivity index (χ3v) is 4.77. The van der Waals surface area contributed by atoms with Gasteiger partial charge in [0.1, 0.15) is 0 Å². The largest absolute Gasteiger partial charge is 0.326 e. The minimum Gasteiger partial charge on any atom is -0.326 e. The van der Waals surface area contributed by atoms with Crippen LogP contribution in [0.25, 0.3) is 0 Å². The molecule has 1 aromatic heterocycles. The molecule has 2 N–H and O–H groups in total. The smallest absolute Gasteiger partial charge is 0.271 e. The van der Waals surface area contributed by atoms with E-state index in [1.807, 2.05) is 0 Å². The first-order valence-electron chi connectivity index (χ1n) is 8.87. The van der Waals surface area contributed by atoms with Crippen molar-refractivity contribution in [2.45, 2.75) is 17.0 Å². The number of carbonyl (C=O) groups excluding carboxylic acids is 2. The van der Waals surface area contributed by atoms with Gasteiger partial charge in [-0.1, -0.05) is 0 Å². The topological polar surface area (TPSA) is 139 Å². The first-order chi connectivity index (χ1) is 14.9. The fourth-order valence-corrected chi connectivity index (χ4v) is 3.20. The van der Waals surface area contributed by atoms with Crippen molar-refractivity contribution in [3.63, 3.8) is 0 Å². The van der Waals surface area contributed by atoms with Crippen LogP contribution in [0.1, 0.15) is 22.8 Å². The molecule has 11 heteroatoms. The number of nitrogens with zero attached hydrogens (tertiary/aromatic N) is 4. The van der Waals surface area contributed by atoms with Crippen LogP contribution < -0.4 is 10.7 Å². The van der Waals surface area contributed by atoms with Crippen molar-refractivity contribution < 1.29 is 14.5 Å². The Kier molecular flexibility index (Phi) is 7.01.